The number of rotatable bonds is 15. The van der Waals surface area contributed by atoms with Gasteiger partial charge in [0.15, 0.2) is 23.0 Å². The molecule has 3 aromatic rings. The molecule has 10 nitrogen and oxygen atoms in total. The molecule has 1 saturated heterocycles. The van der Waals surface area contributed by atoms with E-state index in [0.29, 0.717) is 58.1 Å². The van der Waals surface area contributed by atoms with Gasteiger partial charge in [0, 0.05) is 10.6 Å². The molecular weight excluding hydrogens is 603 g/mol. The number of urea groups is 1. The molecule has 0 radical (unpaired) electrons. The second-order valence-electron chi connectivity index (χ2n) is 10.3. The second-order valence-corrected chi connectivity index (χ2v) is 11.5. The van der Waals surface area contributed by atoms with Gasteiger partial charge in [-0.1, -0.05) is 13.3 Å². The first-order valence-electron chi connectivity index (χ1n) is 14.8. The number of anilines is 1. The molecule has 2 unspecified atom stereocenters. The summed E-state index contributed by atoms with van der Waals surface area (Å²) in [5.41, 5.74) is 2.01. The lowest BCUT2D eigenvalue weighted by molar-refractivity contribution is -0.0379. The highest BCUT2D eigenvalue weighted by atomic mass is 32.2. The van der Waals surface area contributed by atoms with Crippen LogP contribution < -0.4 is 29.0 Å². The quantitative estimate of drug-likeness (QED) is 0.0747. The zero-order valence-corrected chi connectivity index (χ0v) is 27.1. The molecule has 3 aromatic carbocycles. The molecule has 1 aliphatic rings. The number of carbonyl (C=O) groups is 1. The fraction of sp³-hybridized carbons (Fsp3) is 0.424. The smallest absolute Gasteiger partial charge is 0.345 e. The van der Waals surface area contributed by atoms with Gasteiger partial charge in [-0.3, -0.25) is 5.21 Å². The third-order valence-electron chi connectivity index (χ3n) is 7.36. The van der Waals surface area contributed by atoms with Crippen molar-refractivity contribution >= 4 is 23.5 Å². The Balaban J connectivity index is 1.57. The number of benzene rings is 3. The number of unbranched alkanes of at least 4 members (excludes halogenated alkanes) is 1. The molecule has 45 heavy (non-hydrogen) atoms. The standard InChI is InChI=1S/C33H41FN2O8S/c1-6-7-14-36(38)33(37)35-25-17-21(18-28(39-2)31(25)43-15-16-45-24-10-8-23(34)9-11-24)26-12-13-27(44-26)22-19-29(40-3)32(42-5)30(20-22)41-4/h8-11,17-20,26-27,38H,6-7,12-16H2,1-5H3,(H,35,37). The van der Waals surface area contributed by atoms with E-state index >= 15 is 0 Å². The lowest BCUT2D eigenvalue weighted by atomic mass is 10.0. The molecule has 2 N–H and O–H groups in total. The van der Waals surface area contributed by atoms with Crippen molar-refractivity contribution in [3.8, 4) is 28.7 Å². The molecule has 1 fully saturated rings. The van der Waals surface area contributed by atoms with Gasteiger partial charge in [0.2, 0.25) is 5.75 Å². The molecule has 0 aromatic heterocycles. The third-order valence-corrected chi connectivity index (χ3v) is 8.34. The molecule has 0 saturated carbocycles. The van der Waals surface area contributed by atoms with Gasteiger partial charge >= 0.3 is 6.03 Å². The van der Waals surface area contributed by atoms with Crippen LogP contribution in [0.25, 0.3) is 0 Å². The second kappa shape index (κ2) is 16.4. The van der Waals surface area contributed by atoms with Gasteiger partial charge in [-0.05, 0) is 78.9 Å². The Bertz CT molecular complexity index is 1400. The minimum atomic E-state index is -0.684. The molecule has 2 atom stereocenters. The van der Waals surface area contributed by atoms with Gasteiger partial charge in [-0.15, -0.1) is 11.8 Å². The number of methoxy groups -OCH3 is 4. The number of nitrogens with zero attached hydrogens (tertiary/aromatic N) is 1. The monoisotopic (exact) mass is 644 g/mol. The minimum Gasteiger partial charge on any atom is -0.493 e. The Hall–Kier alpha value is -3.87. The molecule has 4 rings (SSSR count). The van der Waals surface area contributed by atoms with E-state index in [4.69, 9.17) is 28.4 Å². The number of carbonyl (C=O) groups excluding carboxylic acids is 1. The van der Waals surface area contributed by atoms with Gasteiger partial charge in [0.1, 0.15) is 5.82 Å². The SMILES string of the molecule is CCCCN(O)C(=O)Nc1cc(C2CCC(c3cc(OC)c(OC)c(OC)c3)O2)cc(OC)c1OCCSc1ccc(F)cc1. The van der Waals surface area contributed by atoms with Crippen molar-refractivity contribution in [1.82, 2.24) is 5.06 Å². The van der Waals surface area contributed by atoms with E-state index in [2.05, 4.69) is 5.32 Å². The fourth-order valence-corrected chi connectivity index (χ4v) is 5.77. The Labute approximate surface area is 267 Å². The van der Waals surface area contributed by atoms with Crippen LogP contribution in [0.4, 0.5) is 14.9 Å². The van der Waals surface area contributed by atoms with Crippen molar-refractivity contribution < 1.29 is 42.8 Å². The molecule has 1 heterocycles. The van der Waals surface area contributed by atoms with Crippen LogP contribution in [0.15, 0.2) is 53.4 Å². The van der Waals surface area contributed by atoms with Gasteiger partial charge < -0.3 is 33.7 Å². The number of hydrogen-bond donors (Lipinski definition) is 2. The van der Waals surface area contributed by atoms with Gasteiger partial charge in [0.05, 0.1) is 59.5 Å². The maximum Gasteiger partial charge on any atom is 0.345 e. The van der Waals surface area contributed by atoms with Crippen LogP contribution in [0.3, 0.4) is 0 Å². The topological polar surface area (TPSA) is 108 Å². The van der Waals surface area contributed by atoms with Crippen LogP contribution in [0.5, 0.6) is 28.7 Å². The first-order valence-corrected chi connectivity index (χ1v) is 15.8. The summed E-state index contributed by atoms with van der Waals surface area (Å²) in [5, 5.41) is 13.8. The van der Waals surface area contributed by atoms with Gasteiger partial charge in [-0.2, -0.15) is 0 Å². The fourth-order valence-electron chi connectivity index (χ4n) is 5.04. The molecule has 2 amide bonds. The number of nitrogens with one attached hydrogen (secondary N) is 1. The van der Waals surface area contributed by atoms with Crippen molar-refractivity contribution in [3.05, 3.63) is 65.5 Å². The van der Waals surface area contributed by atoms with Crippen molar-refractivity contribution in [3.63, 3.8) is 0 Å². The number of amides is 2. The summed E-state index contributed by atoms with van der Waals surface area (Å²) in [5.74, 6) is 2.60. The summed E-state index contributed by atoms with van der Waals surface area (Å²) >= 11 is 1.51. The van der Waals surface area contributed by atoms with Crippen LogP contribution in [-0.4, -0.2) is 63.6 Å². The highest BCUT2D eigenvalue weighted by Gasteiger charge is 2.31. The maximum absolute atomic E-state index is 13.3. The van der Waals surface area contributed by atoms with Crippen LogP contribution in [-0.2, 0) is 4.74 Å². The molecular formula is C33H41FN2O8S. The zero-order chi connectivity index (χ0) is 32.3. The number of hydroxylamine groups is 2. The minimum absolute atomic E-state index is 0.186. The molecule has 1 aliphatic heterocycles. The van der Waals surface area contributed by atoms with E-state index in [1.54, 1.807) is 39.5 Å². The summed E-state index contributed by atoms with van der Waals surface area (Å²) in [6.07, 6.45) is 2.35. The maximum atomic E-state index is 13.3. The van der Waals surface area contributed by atoms with E-state index in [-0.39, 0.29) is 31.2 Å². The van der Waals surface area contributed by atoms with Crippen LogP contribution in [0.2, 0.25) is 0 Å². The van der Waals surface area contributed by atoms with Crippen LogP contribution >= 0.6 is 11.8 Å². The van der Waals surface area contributed by atoms with E-state index in [9.17, 15) is 14.4 Å². The Kier molecular flexibility index (Phi) is 12.4. The number of halogens is 1. The Morgan fingerprint density at radius 1 is 0.933 bits per heavy atom. The van der Waals surface area contributed by atoms with Crippen molar-refractivity contribution in [2.45, 2.75) is 49.7 Å². The zero-order valence-electron chi connectivity index (χ0n) is 26.3. The van der Waals surface area contributed by atoms with E-state index in [1.165, 1.54) is 31.0 Å². The number of ether oxygens (including phenoxy) is 6. The Morgan fingerprint density at radius 3 is 2.07 bits per heavy atom. The largest absolute Gasteiger partial charge is 0.493 e. The van der Waals surface area contributed by atoms with Crippen molar-refractivity contribution in [2.24, 2.45) is 0 Å². The summed E-state index contributed by atoms with van der Waals surface area (Å²) in [7, 11) is 6.23. The summed E-state index contributed by atoms with van der Waals surface area (Å²) in [6, 6.07) is 13.0. The molecule has 12 heteroatoms. The average molecular weight is 645 g/mol. The van der Waals surface area contributed by atoms with E-state index in [0.717, 1.165) is 28.9 Å². The van der Waals surface area contributed by atoms with E-state index < -0.39 is 6.03 Å². The number of thioether (sulfide) groups is 1. The predicted octanol–water partition coefficient (Wildman–Crippen LogP) is 7.65. The molecule has 244 valence electrons. The highest BCUT2D eigenvalue weighted by Crippen LogP contribution is 2.48. The number of hydrogen-bond acceptors (Lipinski definition) is 9. The van der Waals surface area contributed by atoms with Crippen molar-refractivity contribution in [2.75, 3.05) is 52.7 Å². The third kappa shape index (κ3) is 8.65. The van der Waals surface area contributed by atoms with Gasteiger partial charge in [-0.25, -0.2) is 14.2 Å². The normalized spacial score (nSPS) is 15.8. The highest BCUT2D eigenvalue weighted by molar-refractivity contribution is 7.99. The molecule has 0 bridgehead atoms. The van der Waals surface area contributed by atoms with Crippen molar-refractivity contribution in [1.29, 1.82) is 0 Å². The summed E-state index contributed by atoms with van der Waals surface area (Å²) in [6.45, 7) is 2.44. The molecule has 0 aliphatic carbocycles. The first-order chi connectivity index (χ1) is 21.8. The summed E-state index contributed by atoms with van der Waals surface area (Å²) < 4.78 is 48.1. The summed E-state index contributed by atoms with van der Waals surface area (Å²) in [4.78, 5) is 13.8. The predicted molar refractivity (Wildman–Crippen MR) is 170 cm³/mol. The Morgan fingerprint density at radius 2 is 1.51 bits per heavy atom. The molecule has 0 spiro atoms. The average Bonchev–Trinajstić information content (AvgIpc) is 3.56. The van der Waals surface area contributed by atoms with Gasteiger partial charge in [0.25, 0.3) is 0 Å². The van der Waals surface area contributed by atoms with Crippen LogP contribution in [0.1, 0.15) is 55.9 Å². The lowest BCUT2D eigenvalue weighted by Gasteiger charge is -2.22. The first kappa shape index (κ1) is 34.0. The van der Waals surface area contributed by atoms with Crippen LogP contribution in [0, 0.1) is 5.82 Å². The lowest BCUT2D eigenvalue weighted by Crippen LogP contribution is -2.33. The van der Waals surface area contributed by atoms with E-state index in [1.807, 2.05) is 25.1 Å².